The van der Waals surface area contributed by atoms with Crippen molar-refractivity contribution < 1.29 is 22.7 Å². The number of carbonyl (C=O) groups excluding carboxylic acids is 1. The zero-order valence-corrected chi connectivity index (χ0v) is 20.0. The van der Waals surface area contributed by atoms with Crippen molar-refractivity contribution in [1.82, 2.24) is 14.8 Å². The van der Waals surface area contributed by atoms with Gasteiger partial charge in [-0.25, -0.2) is 9.78 Å². The Balaban J connectivity index is 1.13. The van der Waals surface area contributed by atoms with Crippen molar-refractivity contribution >= 4 is 11.9 Å². The molecule has 3 fully saturated rings. The molecule has 1 amide bonds. The first-order valence-corrected chi connectivity index (χ1v) is 12.2. The molecule has 5 rings (SSSR count). The number of hydrogen-bond acceptors (Lipinski definition) is 5. The smallest absolute Gasteiger partial charge is 0.419 e. The van der Waals surface area contributed by atoms with E-state index in [0.717, 1.165) is 38.5 Å². The van der Waals surface area contributed by atoms with E-state index in [2.05, 4.69) is 34.1 Å². The van der Waals surface area contributed by atoms with E-state index in [0.29, 0.717) is 0 Å². The molecule has 0 unspecified atom stereocenters. The highest BCUT2D eigenvalue weighted by molar-refractivity contribution is 5.69. The van der Waals surface area contributed by atoms with E-state index in [1.165, 1.54) is 17.8 Å². The van der Waals surface area contributed by atoms with Gasteiger partial charge in [-0.15, -0.1) is 0 Å². The molecule has 2 aliphatic heterocycles. The summed E-state index contributed by atoms with van der Waals surface area (Å²) >= 11 is 0. The van der Waals surface area contributed by atoms with Crippen molar-refractivity contribution in [3.63, 3.8) is 0 Å². The average Bonchev–Trinajstić information content (AvgIpc) is 2.76. The van der Waals surface area contributed by atoms with Gasteiger partial charge in [0, 0.05) is 44.3 Å². The van der Waals surface area contributed by atoms with Crippen LogP contribution in [-0.2, 0) is 17.5 Å². The second kappa shape index (κ2) is 9.00. The minimum absolute atomic E-state index is 0.0855. The maximum absolute atomic E-state index is 13.5. The van der Waals surface area contributed by atoms with E-state index in [1.807, 2.05) is 19.9 Å². The van der Waals surface area contributed by atoms with Crippen LogP contribution in [0.5, 0.6) is 0 Å². The Morgan fingerprint density at radius 1 is 1.06 bits per heavy atom. The van der Waals surface area contributed by atoms with Gasteiger partial charge >= 0.3 is 12.3 Å². The van der Waals surface area contributed by atoms with Crippen molar-refractivity contribution in [1.29, 1.82) is 0 Å². The van der Waals surface area contributed by atoms with Gasteiger partial charge in [-0.2, -0.15) is 13.2 Å². The standard InChI is InChI=1S/C26H31F3N4O2/c1-18-13-32(23-22(26(27,28)29)9-6-10-30-23)14-19(2)33(18)24(34)35-21-11-25(12-21)16-31(17-25)15-20-7-4-3-5-8-20/h3-10,18-19,21H,11-17H2,1-2H3/t18-,19-/m1/s1. The van der Waals surface area contributed by atoms with Crippen molar-refractivity contribution in [2.75, 3.05) is 31.1 Å². The zero-order chi connectivity index (χ0) is 24.8. The molecule has 2 aromatic rings. The molecule has 1 aliphatic carbocycles. The number of anilines is 1. The highest BCUT2D eigenvalue weighted by atomic mass is 19.4. The molecule has 0 bridgehead atoms. The summed E-state index contributed by atoms with van der Waals surface area (Å²) in [6, 6.07) is 12.1. The van der Waals surface area contributed by atoms with Crippen molar-refractivity contribution in [2.45, 2.75) is 57.6 Å². The van der Waals surface area contributed by atoms with Crippen LogP contribution in [0.1, 0.15) is 37.8 Å². The Kier molecular flexibility index (Phi) is 6.15. The number of piperazine rings is 1. The molecule has 3 aliphatic rings. The van der Waals surface area contributed by atoms with Crippen LogP contribution in [0.15, 0.2) is 48.7 Å². The highest BCUT2D eigenvalue weighted by Crippen LogP contribution is 2.50. The Hall–Kier alpha value is -2.81. The van der Waals surface area contributed by atoms with Gasteiger partial charge in [0.1, 0.15) is 11.9 Å². The second-order valence-electron chi connectivity index (χ2n) is 10.4. The van der Waals surface area contributed by atoms with Crippen molar-refractivity contribution in [3.05, 3.63) is 59.8 Å². The Bertz CT molecular complexity index is 1040. The lowest BCUT2D eigenvalue weighted by atomic mass is 9.61. The molecule has 188 valence electrons. The maximum Gasteiger partial charge on any atom is 0.419 e. The number of hydrogen-bond donors (Lipinski definition) is 0. The molecule has 0 radical (unpaired) electrons. The lowest BCUT2D eigenvalue weighted by Gasteiger charge is -2.58. The van der Waals surface area contributed by atoms with Crippen LogP contribution in [0.2, 0.25) is 0 Å². The highest BCUT2D eigenvalue weighted by Gasteiger charge is 2.54. The summed E-state index contributed by atoms with van der Waals surface area (Å²) < 4.78 is 46.2. The van der Waals surface area contributed by atoms with Crippen LogP contribution in [-0.4, -0.2) is 65.2 Å². The fourth-order valence-electron chi connectivity index (χ4n) is 6.03. The van der Waals surface area contributed by atoms with E-state index in [9.17, 15) is 18.0 Å². The molecule has 9 heteroatoms. The monoisotopic (exact) mass is 488 g/mol. The van der Waals surface area contributed by atoms with Crippen LogP contribution >= 0.6 is 0 Å². The van der Waals surface area contributed by atoms with Gasteiger partial charge in [0.2, 0.25) is 0 Å². The molecule has 35 heavy (non-hydrogen) atoms. The first-order valence-electron chi connectivity index (χ1n) is 12.2. The van der Waals surface area contributed by atoms with E-state index >= 15 is 0 Å². The van der Waals surface area contributed by atoms with E-state index in [1.54, 1.807) is 9.80 Å². The van der Waals surface area contributed by atoms with E-state index in [4.69, 9.17) is 4.74 Å². The summed E-state index contributed by atoms with van der Waals surface area (Å²) in [6.45, 7) is 7.20. The Morgan fingerprint density at radius 3 is 2.34 bits per heavy atom. The Morgan fingerprint density at radius 2 is 1.71 bits per heavy atom. The minimum atomic E-state index is -4.48. The third kappa shape index (κ3) is 4.83. The number of likely N-dealkylation sites (tertiary alicyclic amines) is 1. The van der Waals surface area contributed by atoms with Gasteiger partial charge in [0.25, 0.3) is 0 Å². The number of ether oxygens (including phenoxy) is 1. The van der Waals surface area contributed by atoms with Crippen molar-refractivity contribution in [3.8, 4) is 0 Å². The van der Waals surface area contributed by atoms with Crippen LogP contribution < -0.4 is 4.90 Å². The topological polar surface area (TPSA) is 48.9 Å². The first kappa shape index (κ1) is 23.9. The number of amides is 1. The number of rotatable bonds is 4. The fraction of sp³-hybridized carbons (Fsp3) is 0.538. The summed E-state index contributed by atoms with van der Waals surface area (Å²) in [5.41, 5.74) is 0.805. The molecule has 1 aromatic carbocycles. The molecular weight excluding hydrogens is 457 g/mol. The van der Waals surface area contributed by atoms with Crippen LogP contribution in [0.3, 0.4) is 0 Å². The molecule has 6 nitrogen and oxygen atoms in total. The average molecular weight is 489 g/mol. The summed E-state index contributed by atoms with van der Waals surface area (Å²) in [5, 5.41) is 0. The summed E-state index contributed by atoms with van der Waals surface area (Å²) in [5.74, 6) is -0.0855. The minimum Gasteiger partial charge on any atom is -0.446 e. The fourth-order valence-corrected chi connectivity index (χ4v) is 6.03. The normalized spacial score (nSPS) is 24.7. The number of carbonyl (C=O) groups is 1. The lowest BCUT2D eigenvalue weighted by Crippen LogP contribution is -2.65. The third-order valence-corrected chi connectivity index (χ3v) is 7.48. The largest absolute Gasteiger partial charge is 0.446 e. The van der Waals surface area contributed by atoms with Gasteiger partial charge in [-0.05, 0) is 44.4 Å². The number of nitrogens with zero attached hydrogens (tertiary/aromatic N) is 4. The van der Waals surface area contributed by atoms with E-state index in [-0.39, 0.29) is 48.6 Å². The maximum atomic E-state index is 13.5. The van der Waals surface area contributed by atoms with Gasteiger partial charge in [-0.3, -0.25) is 9.80 Å². The summed E-state index contributed by atoms with van der Waals surface area (Å²) in [7, 11) is 0. The molecule has 3 heterocycles. The predicted octanol–water partition coefficient (Wildman–Crippen LogP) is 4.80. The first-order chi connectivity index (χ1) is 16.6. The summed E-state index contributed by atoms with van der Waals surface area (Å²) in [6.07, 6.45) is -1.84. The van der Waals surface area contributed by atoms with Crippen LogP contribution in [0, 0.1) is 5.41 Å². The molecule has 1 saturated carbocycles. The number of benzene rings is 1. The van der Waals surface area contributed by atoms with Gasteiger partial charge in [0.05, 0.1) is 17.6 Å². The molecule has 1 spiro atoms. The van der Waals surface area contributed by atoms with Crippen LogP contribution in [0.4, 0.5) is 23.8 Å². The number of aromatic nitrogens is 1. The summed E-state index contributed by atoms with van der Waals surface area (Å²) in [4.78, 5) is 22.7. The molecule has 2 atom stereocenters. The third-order valence-electron chi connectivity index (χ3n) is 7.48. The number of alkyl halides is 3. The zero-order valence-electron chi connectivity index (χ0n) is 20.0. The van der Waals surface area contributed by atoms with Gasteiger partial charge in [0.15, 0.2) is 0 Å². The molecule has 2 saturated heterocycles. The van der Waals surface area contributed by atoms with Crippen molar-refractivity contribution in [2.24, 2.45) is 5.41 Å². The molecule has 1 aromatic heterocycles. The Labute approximate surface area is 203 Å². The number of halogens is 3. The van der Waals surface area contributed by atoms with Gasteiger partial charge < -0.3 is 9.64 Å². The van der Waals surface area contributed by atoms with E-state index < -0.39 is 11.7 Å². The molecule has 0 N–H and O–H groups in total. The molecular formula is C26H31F3N4O2. The SMILES string of the molecule is C[C@@H]1CN(c2ncccc2C(F)(F)F)C[C@@H](C)N1C(=O)OC1CC2(C1)CN(Cc1ccccc1)C2. The quantitative estimate of drug-likeness (QED) is 0.619. The van der Waals surface area contributed by atoms with Crippen LogP contribution in [0.25, 0.3) is 0 Å². The second-order valence-corrected chi connectivity index (χ2v) is 10.4. The predicted molar refractivity (Wildman–Crippen MR) is 126 cm³/mol. The lowest BCUT2D eigenvalue weighted by molar-refractivity contribution is -0.138. The number of pyridine rings is 1. The van der Waals surface area contributed by atoms with Gasteiger partial charge in [-0.1, -0.05) is 30.3 Å².